The molecule has 1 fully saturated rings. The Balaban J connectivity index is 1.48. The first-order valence-electron chi connectivity index (χ1n) is 9.40. The summed E-state index contributed by atoms with van der Waals surface area (Å²) in [4.78, 5) is 7.22. The molecule has 2 aromatic carbocycles. The molecule has 1 aliphatic rings. The van der Waals surface area contributed by atoms with Gasteiger partial charge in [-0.25, -0.2) is 4.98 Å². The summed E-state index contributed by atoms with van der Waals surface area (Å²) in [5, 5.41) is 4.39. The molecule has 27 heavy (non-hydrogen) atoms. The van der Waals surface area contributed by atoms with Gasteiger partial charge in [-0.15, -0.1) is 0 Å². The zero-order valence-corrected chi connectivity index (χ0v) is 16.3. The van der Waals surface area contributed by atoms with Crippen LogP contribution in [0.25, 0.3) is 11.0 Å². The number of halogens is 1. The lowest BCUT2D eigenvalue weighted by Gasteiger charge is -2.35. The van der Waals surface area contributed by atoms with Crippen molar-refractivity contribution in [3.8, 4) is 0 Å². The van der Waals surface area contributed by atoms with Crippen molar-refractivity contribution >= 4 is 22.6 Å². The van der Waals surface area contributed by atoms with Crippen molar-refractivity contribution in [1.29, 1.82) is 0 Å². The van der Waals surface area contributed by atoms with Gasteiger partial charge in [0.25, 0.3) is 0 Å². The fraction of sp³-hybridized carbons (Fsp3) is 0.381. The minimum absolute atomic E-state index is 0.266. The van der Waals surface area contributed by atoms with Gasteiger partial charge in [-0.05, 0) is 29.8 Å². The molecule has 1 saturated heterocycles. The first-order chi connectivity index (χ1) is 13.2. The highest BCUT2D eigenvalue weighted by Crippen LogP contribution is 2.24. The quantitative estimate of drug-likeness (QED) is 0.707. The topological polar surface area (TPSA) is 42.3 Å². The number of fused-ring (bicyclic) bond motifs is 1. The third-order valence-electron chi connectivity index (χ3n) is 5.22. The molecular formula is C21H25ClN4O. The summed E-state index contributed by atoms with van der Waals surface area (Å²) in [6.07, 6.45) is 0. The number of aryl methyl sites for hydroxylation is 1. The summed E-state index contributed by atoms with van der Waals surface area (Å²) in [5.41, 5.74) is 3.44. The normalized spacial score (nSPS) is 16.7. The number of imidazole rings is 1. The molecule has 0 spiro atoms. The maximum atomic E-state index is 6.25. The Morgan fingerprint density at radius 2 is 1.96 bits per heavy atom. The SMILES string of the molecule is Cn1c(CNCC(c2cccc(Cl)c2)N2CCOCC2)nc2ccccc21. The Morgan fingerprint density at radius 3 is 2.74 bits per heavy atom. The van der Waals surface area contributed by atoms with E-state index in [4.69, 9.17) is 21.3 Å². The van der Waals surface area contributed by atoms with E-state index in [1.165, 1.54) is 5.56 Å². The van der Waals surface area contributed by atoms with Crippen LogP contribution in [-0.4, -0.2) is 47.3 Å². The van der Waals surface area contributed by atoms with E-state index >= 15 is 0 Å². The maximum absolute atomic E-state index is 6.25. The number of nitrogens with one attached hydrogen (secondary N) is 1. The second-order valence-corrected chi connectivity index (χ2v) is 7.36. The lowest BCUT2D eigenvalue weighted by molar-refractivity contribution is 0.0160. The summed E-state index contributed by atoms with van der Waals surface area (Å²) in [7, 11) is 2.07. The van der Waals surface area contributed by atoms with Crippen LogP contribution < -0.4 is 5.32 Å². The van der Waals surface area contributed by atoms with Gasteiger partial charge in [-0.3, -0.25) is 4.90 Å². The average molecular weight is 385 g/mol. The Hall–Kier alpha value is -1.92. The van der Waals surface area contributed by atoms with Crippen LogP contribution in [0.15, 0.2) is 48.5 Å². The molecule has 2 heterocycles. The molecule has 6 heteroatoms. The van der Waals surface area contributed by atoms with E-state index in [2.05, 4.69) is 52.2 Å². The largest absolute Gasteiger partial charge is 0.379 e. The van der Waals surface area contributed by atoms with Gasteiger partial charge in [0.05, 0.1) is 30.8 Å². The Morgan fingerprint density at radius 1 is 1.15 bits per heavy atom. The molecule has 1 N–H and O–H groups in total. The molecule has 1 atom stereocenters. The van der Waals surface area contributed by atoms with Crippen LogP contribution in [0.1, 0.15) is 17.4 Å². The van der Waals surface area contributed by atoms with Crippen LogP contribution in [0.3, 0.4) is 0 Å². The van der Waals surface area contributed by atoms with Crippen molar-refractivity contribution in [1.82, 2.24) is 19.8 Å². The Kier molecular flexibility index (Phi) is 5.74. The smallest absolute Gasteiger partial charge is 0.123 e. The van der Waals surface area contributed by atoms with E-state index in [1.54, 1.807) is 0 Å². The molecule has 0 aliphatic carbocycles. The molecule has 1 aromatic heterocycles. The van der Waals surface area contributed by atoms with Gasteiger partial charge in [0, 0.05) is 37.7 Å². The Labute approximate surface area is 164 Å². The molecule has 0 saturated carbocycles. The summed E-state index contributed by atoms with van der Waals surface area (Å²) in [6.45, 7) is 5.00. The second kappa shape index (κ2) is 8.40. The van der Waals surface area contributed by atoms with Crippen molar-refractivity contribution in [3.05, 3.63) is 64.9 Å². The fourth-order valence-electron chi connectivity index (χ4n) is 3.73. The summed E-state index contributed by atoms with van der Waals surface area (Å²) < 4.78 is 7.69. The number of aromatic nitrogens is 2. The Bertz CT molecular complexity index is 904. The predicted molar refractivity (Wildman–Crippen MR) is 109 cm³/mol. The summed E-state index contributed by atoms with van der Waals surface area (Å²) in [5.74, 6) is 1.04. The van der Waals surface area contributed by atoms with E-state index < -0.39 is 0 Å². The molecule has 142 valence electrons. The van der Waals surface area contributed by atoms with Gasteiger partial charge in [0.2, 0.25) is 0 Å². The van der Waals surface area contributed by atoms with Crippen molar-refractivity contribution in [2.45, 2.75) is 12.6 Å². The molecule has 5 nitrogen and oxygen atoms in total. The number of hydrogen-bond donors (Lipinski definition) is 1. The van der Waals surface area contributed by atoms with Gasteiger partial charge in [0.1, 0.15) is 5.82 Å². The highest BCUT2D eigenvalue weighted by Gasteiger charge is 2.22. The molecule has 0 amide bonds. The van der Waals surface area contributed by atoms with E-state index in [0.717, 1.165) is 61.3 Å². The maximum Gasteiger partial charge on any atom is 0.123 e. The molecule has 4 rings (SSSR count). The van der Waals surface area contributed by atoms with Crippen LogP contribution in [0.2, 0.25) is 5.02 Å². The number of benzene rings is 2. The van der Waals surface area contributed by atoms with Gasteiger partial charge < -0.3 is 14.6 Å². The lowest BCUT2D eigenvalue weighted by atomic mass is 10.0. The second-order valence-electron chi connectivity index (χ2n) is 6.93. The number of nitrogens with zero attached hydrogens (tertiary/aromatic N) is 3. The monoisotopic (exact) mass is 384 g/mol. The van der Waals surface area contributed by atoms with Crippen molar-refractivity contribution in [2.24, 2.45) is 7.05 Å². The van der Waals surface area contributed by atoms with Gasteiger partial charge in [0.15, 0.2) is 0 Å². The number of hydrogen-bond acceptors (Lipinski definition) is 4. The van der Waals surface area contributed by atoms with Crippen LogP contribution in [0.5, 0.6) is 0 Å². The minimum atomic E-state index is 0.266. The molecule has 3 aromatic rings. The molecule has 1 unspecified atom stereocenters. The van der Waals surface area contributed by atoms with E-state index in [9.17, 15) is 0 Å². The van der Waals surface area contributed by atoms with Gasteiger partial charge >= 0.3 is 0 Å². The highest BCUT2D eigenvalue weighted by atomic mass is 35.5. The van der Waals surface area contributed by atoms with Crippen molar-refractivity contribution in [3.63, 3.8) is 0 Å². The van der Waals surface area contributed by atoms with Crippen LogP contribution >= 0.6 is 11.6 Å². The molecule has 1 aliphatic heterocycles. The summed E-state index contributed by atoms with van der Waals surface area (Å²) in [6, 6.07) is 16.7. The third-order valence-corrected chi connectivity index (χ3v) is 5.46. The predicted octanol–water partition coefficient (Wildman–Crippen LogP) is 3.39. The molecule has 0 bridgehead atoms. The van der Waals surface area contributed by atoms with Gasteiger partial charge in [-0.1, -0.05) is 35.9 Å². The van der Waals surface area contributed by atoms with E-state index in [-0.39, 0.29) is 6.04 Å². The number of ether oxygens (including phenoxy) is 1. The average Bonchev–Trinajstić information content (AvgIpc) is 3.02. The van der Waals surface area contributed by atoms with Crippen molar-refractivity contribution in [2.75, 3.05) is 32.8 Å². The van der Waals surface area contributed by atoms with Crippen molar-refractivity contribution < 1.29 is 4.74 Å². The van der Waals surface area contributed by atoms with E-state index in [0.29, 0.717) is 0 Å². The van der Waals surface area contributed by atoms with Crippen LogP contribution in [0, 0.1) is 0 Å². The first-order valence-corrected chi connectivity index (χ1v) is 9.78. The minimum Gasteiger partial charge on any atom is -0.379 e. The highest BCUT2D eigenvalue weighted by molar-refractivity contribution is 6.30. The zero-order chi connectivity index (χ0) is 18.6. The zero-order valence-electron chi connectivity index (χ0n) is 15.6. The first kappa shape index (κ1) is 18.4. The fourth-order valence-corrected chi connectivity index (χ4v) is 3.93. The molecule has 0 radical (unpaired) electrons. The number of morpholine rings is 1. The van der Waals surface area contributed by atoms with Gasteiger partial charge in [-0.2, -0.15) is 0 Å². The standard InChI is InChI=1S/C21H25ClN4O/c1-25-19-8-3-2-7-18(19)24-21(25)15-23-14-20(26-9-11-27-12-10-26)16-5-4-6-17(22)13-16/h2-8,13,20,23H,9-12,14-15H2,1H3. The van der Waals surface area contributed by atoms with Crippen LogP contribution in [-0.2, 0) is 18.3 Å². The third kappa shape index (κ3) is 4.17. The lowest BCUT2D eigenvalue weighted by Crippen LogP contribution is -2.42. The number of rotatable bonds is 6. The molecular weight excluding hydrogens is 360 g/mol. The summed E-state index contributed by atoms with van der Waals surface area (Å²) >= 11 is 6.25. The van der Waals surface area contributed by atoms with E-state index in [1.807, 2.05) is 18.2 Å². The number of para-hydroxylation sites is 2. The van der Waals surface area contributed by atoms with Crippen LogP contribution in [0.4, 0.5) is 0 Å².